The lowest BCUT2D eigenvalue weighted by molar-refractivity contribution is 0.136. The maximum atomic E-state index is 12.0. The van der Waals surface area contributed by atoms with Crippen LogP contribution in [0.15, 0.2) is 30.3 Å². The van der Waals surface area contributed by atoms with Crippen LogP contribution in [0.3, 0.4) is 0 Å². The molecular weight excluding hydrogens is 234 g/mol. The van der Waals surface area contributed by atoms with E-state index in [-0.39, 0.29) is 12.1 Å². The van der Waals surface area contributed by atoms with Gasteiger partial charge in [0.15, 0.2) is 0 Å². The van der Waals surface area contributed by atoms with Crippen LogP contribution in [0.4, 0.5) is 4.79 Å². The summed E-state index contributed by atoms with van der Waals surface area (Å²) in [5.41, 5.74) is 0. The Morgan fingerprint density at radius 2 is 2.06 bits per heavy atom. The molecule has 2 unspecified atom stereocenters. The summed E-state index contributed by atoms with van der Waals surface area (Å²) >= 11 is 1.90. The summed E-state index contributed by atoms with van der Waals surface area (Å²) < 4.78 is 5.35. The second kappa shape index (κ2) is 5.45. The Morgan fingerprint density at radius 3 is 2.76 bits per heavy atom. The van der Waals surface area contributed by atoms with Crippen LogP contribution in [0, 0.1) is 0 Å². The highest BCUT2D eigenvalue weighted by molar-refractivity contribution is 8.00. The zero-order valence-electron chi connectivity index (χ0n) is 10.1. The molecule has 1 saturated heterocycles. The first kappa shape index (κ1) is 12.3. The molecule has 1 aromatic carbocycles. The molecule has 1 amide bonds. The molecule has 0 aromatic heterocycles. The fourth-order valence-corrected chi connectivity index (χ4v) is 2.94. The molecule has 92 valence electrons. The van der Waals surface area contributed by atoms with Gasteiger partial charge in [-0.1, -0.05) is 25.1 Å². The van der Waals surface area contributed by atoms with Gasteiger partial charge in [0, 0.05) is 23.6 Å². The van der Waals surface area contributed by atoms with Crippen molar-refractivity contribution in [2.45, 2.75) is 25.1 Å². The zero-order chi connectivity index (χ0) is 12.3. The van der Waals surface area contributed by atoms with Gasteiger partial charge in [0.25, 0.3) is 0 Å². The summed E-state index contributed by atoms with van der Waals surface area (Å²) in [5.74, 6) is 1.59. The highest BCUT2D eigenvalue weighted by atomic mass is 32.2. The van der Waals surface area contributed by atoms with E-state index in [4.69, 9.17) is 4.74 Å². The van der Waals surface area contributed by atoms with Crippen molar-refractivity contribution >= 4 is 17.9 Å². The first-order chi connectivity index (χ1) is 8.18. The van der Waals surface area contributed by atoms with Crippen LogP contribution in [0.1, 0.15) is 13.8 Å². The minimum absolute atomic E-state index is 0.227. The van der Waals surface area contributed by atoms with Crippen molar-refractivity contribution in [2.75, 3.05) is 12.3 Å². The van der Waals surface area contributed by atoms with Crippen molar-refractivity contribution < 1.29 is 9.53 Å². The third-order valence-corrected chi connectivity index (χ3v) is 4.40. The number of hydrogen-bond acceptors (Lipinski definition) is 3. The SMILES string of the molecule is CC1SCCN(C(=O)Oc2ccccc2)C1C. The molecule has 1 aliphatic heterocycles. The van der Waals surface area contributed by atoms with Gasteiger partial charge < -0.3 is 9.64 Å². The van der Waals surface area contributed by atoms with Crippen LogP contribution in [0.2, 0.25) is 0 Å². The number of para-hydroxylation sites is 1. The molecule has 0 saturated carbocycles. The van der Waals surface area contributed by atoms with Gasteiger partial charge in [-0.25, -0.2) is 4.79 Å². The lowest BCUT2D eigenvalue weighted by Gasteiger charge is -2.36. The van der Waals surface area contributed by atoms with E-state index in [0.717, 1.165) is 12.3 Å². The maximum absolute atomic E-state index is 12.0. The number of carbonyl (C=O) groups is 1. The standard InChI is InChI=1S/C13H17NO2S/c1-10-11(2)17-9-8-14(10)13(15)16-12-6-4-3-5-7-12/h3-7,10-11H,8-9H2,1-2H3. The molecule has 1 fully saturated rings. The Morgan fingerprint density at radius 1 is 1.35 bits per heavy atom. The smallest absolute Gasteiger partial charge is 0.410 e. The molecule has 0 N–H and O–H groups in total. The summed E-state index contributed by atoms with van der Waals surface area (Å²) in [7, 11) is 0. The van der Waals surface area contributed by atoms with Crippen molar-refractivity contribution in [3.8, 4) is 5.75 Å². The number of ether oxygens (including phenoxy) is 1. The third-order valence-electron chi connectivity index (χ3n) is 3.07. The first-order valence-electron chi connectivity index (χ1n) is 5.83. The third kappa shape index (κ3) is 2.94. The second-order valence-corrected chi connectivity index (χ2v) is 5.68. The fourth-order valence-electron chi connectivity index (χ4n) is 1.84. The van der Waals surface area contributed by atoms with Gasteiger partial charge in [0.1, 0.15) is 5.75 Å². The van der Waals surface area contributed by atoms with Gasteiger partial charge >= 0.3 is 6.09 Å². The summed E-state index contributed by atoms with van der Waals surface area (Å²) in [6, 6.07) is 9.45. The van der Waals surface area contributed by atoms with E-state index in [1.807, 2.05) is 34.9 Å². The van der Waals surface area contributed by atoms with E-state index in [1.165, 1.54) is 0 Å². The largest absolute Gasteiger partial charge is 0.415 e. The van der Waals surface area contributed by atoms with Gasteiger partial charge in [-0.15, -0.1) is 0 Å². The van der Waals surface area contributed by atoms with Gasteiger partial charge in [0.2, 0.25) is 0 Å². The minimum atomic E-state index is -0.240. The van der Waals surface area contributed by atoms with Crippen molar-refractivity contribution in [1.82, 2.24) is 4.90 Å². The molecule has 17 heavy (non-hydrogen) atoms. The van der Waals surface area contributed by atoms with E-state index in [1.54, 1.807) is 12.1 Å². The summed E-state index contributed by atoms with van der Waals surface area (Å²) in [4.78, 5) is 13.8. The van der Waals surface area contributed by atoms with E-state index in [2.05, 4.69) is 13.8 Å². The van der Waals surface area contributed by atoms with Crippen LogP contribution < -0.4 is 4.74 Å². The molecule has 0 radical (unpaired) electrons. The Hall–Kier alpha value is -1.16. The number of benzene rings is 1. The summed E-state index contributed by atoms with van der Waals surface area (Å²) in [5, 5.41) is 0.465. The molecule has 1 heterocycles. The number of thioether (sulfide) groups is 1. The van der Waals surface area contributed by atoms with Gasteiger partial charge in [-0.05, 0) is 19.1 Å². The molecule has 2 atom stereocenters. The molecule has 1 aliphatic rings. The fraction of sp³-hybridized carbons (Fsp3) is 0.462. The predicted octanol–water partition coefficient (Wildman–Crippen LogP) is 3.01. The average molecular weight is 251 g/mol. The second-order valence-electron chi connectivity index (χ2n) is 4.19. The molecule has 3 nitrogen and oxygen atoms in total. The lowest BCUT2D eigenvalue weighted by Crippen LogP contribution is -2.49. The number of hydrogen-bond donors (Lipinski definition) is 0. The van der Waals surface area contributed by atoms with Crippen molar-refractivity contribution in [3.63, 3.8) is 0 Å². The average Bonchev–Trinajstić information content (AvgIpc) is 2.34. The van der Waals surface area contributed by atoms with E-state index in [0.29, 0.717) is 11.0 Å². The summed E-state index contributed by atoms with van der Waals surface area (Å²) in [6.45, 7) is 4.99. The van der Waals surface area contributed by atoms with Crippen molar-refractivity contribution in [3.05, 3.63) is 30.3 Å². The van der Waals surface area contributed by atoms with Gasteiger partial charge in [-0.2, -0.15) is 11.8 Å². The van der Waals surface area contributed by atoms with E-state index < -0.39 is 0 Å². The number of carbonyl (C=O) groups excluding carboxylic acids is 1. The van der Waals surface area contributed by atoms with E-state index >= 15 is 0 Å². The Labute approximate surface area is 106 Å². The Balaban J connectivity index is 2.00. The molecule has 0 bridgehead atoms. The highest BCUT2D eigenvalue weighted by Gasteiger charge is 2.30. The molecule has 1 aromatic rings. The first-order valence-corrected chi connectivity index (χ1v) is 6.88. The maximum Gasteiger partial charge on any atom is 0.415 e. The predicted molar refractivity (Wildman–Crippen MR) is 70.6 cm³/mol. The summed E-state index contributed by atoms with van der Waals surface area (Å²) in [6.07, 6.45) is -0.240. The van der Waals surface area contributed by atoms with Crippen LogP contribution in [0.25, 0.3) is 0 Å². The van der Waals surface area contributed by atoms with Crippen LogP contribution in [0.5, 0.6) is 5.75 Å². The highest BCUT2D eigenvalue weighted by Crippen LogP contribution is 2.25. The van der Waals surface area contributed by atoms with Crippen LogP contribution in [-0.2, 0) is 0 Å². The minimum Gasteiger partial charge on any atom is -0.410 e. The molecule has 4 heteroatoms. The van der Waals surface area contributed by atoms with Gasteiger partial charge in [0.05, 0.1) is 0 Å². The Kier molecular flexibility index (Phi) is 3.94. The van der Waals surface area contributed by atoms with Crippen molar-refractivity contribution in [2.24, 2.45) is 0 Å². The van der Waals surface area contributed by atoms with E-state index in [9.17, 15) is 4.79 Å². The lowest BCUT2D eigenvalue weighted by atomic mass is 10.2. The van der Waals surface area contributed by atoms with Gasteiger partial charge in [-0.3, -0.25) is 0 Å². The zero-order valence-corrected chi connectivity index (χ0v) is 10.9. The monoisotopic (exact) mass is 251 g/mol. The molecular formula is C13H17NO2S. The normalized spacial score (nSPS) is 24.5. The quantitative estimate of drug-likeness (QED) is 0.768. The topological polar surface area (TPSA) is 29.5 Å². The Bertz CT molecular complexity index is 382. The van der Waals surface area contributed by atoms with Crippen LogP contribution >= 0.6 is 11.8 Å². The number of rotatable bonds is 1. The van der Waals surface area contributed by atoms with Crippen molar-refractivity contribution in [1.29, 1.82) is 0 Å². The molecule has 0 spiro atoms. The molecule has 2 rings (SSSR count). The number of amides is 1. The number of nitrogens with zero attached hydrogens (tertiary/aromatic N) is 1. The molecule has 0 aliphatic carbocycles. The van der Waals surface area contributed by atoms with Crippen LogP contribution in [-0.4, -0.2) is 34.6 Å².